The summed E-state index contributed by atoms with van der Waals surface area (Å²) in [5, 5.41) is 11.6. The van der Waals surface area contributed by atoms with Gasteiger partial charge in [0.15, 0.2) is 0 Å². The molecule has 0 radical (unpaired) electrons. The molecular weight excluding hydrogens is 276 g/mol. The standard InChI is InChI=1S/C10H13BrN2O3/c11-8-9(6-3-1-2-4-6)12-13(10(8)16)5-7(14)15/h6,12H,1-5H2,(H,14,15). The number of halogens is 1. The molecule has 0 saturated heterocycles. The van der Waals surface area contributed by atoms with Crippen molar-refractivity contribution in [2.75, 3.05) is 0 Å². The van der Waals surface area contributed by atoms with Gasteiger partial charge in [0.05, 0.1) is 5.69 Å². The van der Waals surface area contributed by atoms with Crippen molar-refractivity contribution in [2.45, 2.75) is 38.1 Å². The normalized spacial score (nSPS) is 16.8. The molecule has 1 heterocycles. The number of aromatic nitrogens is 2. The van der Waals surface area contributed by atoms with Gasteiger partial charge in [-0.15, -0.1) is 0 Å². The van der Waals surface area contributed by atoms with Gasteiger partial charge >= 0.3 is 5.97 Å². The Kier molecular flexibility index (Phi) is 3.18. The largest absolute Gasteiger partial charge is 0.480 e. The van der Waals surface area contributed by atoms with E-state index in [2.05, 4.69) is 21.0 Å². The maximum atomic E-state index is 11.7. The van der Waals surface area contributed by atoms with E-state index in [9.17, 15) is 9.59 Å². The molecule has 1 aromatic heterocycles. The molecule has 2 N–H and O–H groups in total. The number of hydrogen-bond acceptors (Lipinski definition) is 2. The van der Waals surface area contributed by atoms with Gasteiger partial charge in [-0.2, -0.15) is 0 Å². The van der Waals surface area contributed by atoms with Crippen molar-refractivity contribution in [2.24, 2.45) is 0 Å². The van der Waals surface area contributed by atoms with Crippen LogP contribution in [0.2, 0.25) is 0 Å². The number of H-pyrrole nitrogens is 1. The van der Waals surface area contributed by atoms with Gasteiger partial charge in [-0.05, 0) is 28.8 Å². The van der Waals surface area contributed by atoms with E-state index in [-0.39, 0.29) is 12.1 Å². The second-order valence-electron chi connectivity index (χ2n) is 4.11. The molecule has 0 atom stereocenters. The summed E-state index contributed by atoms with van der Waals surface area (Å²) >= 11 is 3.24. The van der Waals surface area contributed by atoms with Crippen LogP contribution in [0.25, 0.3) is 0 Å². The molecule has 16 heavy (non-hydrogen) atoms. The van der Waals surface area contributed by atoms with Crippen LogP contribution >= 0.6 is 15.9 Å². The Hall–Kier alpha value is -1.04. The van der Waals surface area contributed by atoms with Crippen LogP contribution in [0.5, 0.6) is 0 Å². The third-order valence-electron chi connectivity index (χ3n) is 2.98. The Balaban J connectivity index is 2.32. The molecule has 0 unspecified atom stereocenters. The highest BCUT2D eigenvalue weighted by atomic mass is 79.9. The third kappa shape index (κ3) is 2.07. The molecule has 6 heteroatoms. The average Bonchev–Trinajstić information content (AvgIpc) is 2.81. The van der Waals surface area contributed by atoms with Crippen LogP contribution in [0, 0.1) is 0 Å². The number of aromatic amines is 1. The minimum Gasteiger partial charge on any atom is -0.480 e. The van der Waals surface area contributed by atoms with E-state index < -0.39 is 5.97 Å². The van der Waals surface area contributed by atoms with E-state index in [1.807, 2.05) is 0 Å². The lowest BCUT2D eigenvalue weighted by Crippen LogP contribution is -2.21. The van der Waals surface area contributed by atoms with Crippen LogP contribution < -0.4 is 5.56 Å². The summed E-state index contributed by atoms with van der Waals surface area (Å²) in [5.41, 5.74) is 0.563. The molecule has 1 fully saturated rings. The van der Waals surface area contributed by atoms with Crippen molar-refractivity contribution in [1.82, 2.24) is 9.78 Å². The predicted octanol–water partition coefficient (Wildman–Crippen LogP) is 1.68. The lowest BCUT2D eigenvalue weighted by molar-refractivity contribution is -0.137. The van der Waals surface area contributed by atoms with E-state index in [0.717, 1.165) is 23.2 Å². The van der Waals surface area contributed by atoms with E-state index in [1.54, 1.807) is 0 Å². The maximum Gasteiger partial charge on any atom is 0.325 e. The van der Waals surface area contributed by atoms with Crippen LogP contribution in [0.15, 0.2) is 9.27 Å². The fraction of sp³-hybridized carbons (Fsp3) is 0.600. The van der Waals surface area contributed by atoms with Gasteiger partial charge in [-0.1, -0.05) is 12.8 Å². The Morgan fingerprint density at radius 3 is 2.69 bits per heavy atom. The van der Waals surface area contributed by atoms with Crippen molar-refractivity contribution >= 4 is 21.9 Å². The molecular formula is C10H13BrN2O3. The van der Waals surface area contributed by atoms with E-state index in [4.69, 9.17) is 5.11 Å². The lowest BCUT2D eigenvalue weighted by Gasteiger charge is -2.06. The molecule has 1 aliphatic carbocycles. The highest BCUT2D eigenvalue weighted by Crippen LogP contribution is 2.35. The first-order valence-corrected chi connectivity index (χ1v) is 6.09. The minimum absolute atomic E-state index is 0.288. The van der Waals surface area contributed by atoms with Crippen LogP contribution in [0.1, 0.15) is 37.3 Å². The fourth-order valence-electron chi connectivity index (χ4n) is 2.21. The maximum absolute atomic E-state index is 11.7. The van der Waals surface area contributed by atoms with Crippen molar-refractivity contribution in [3.05, 3.63) is 20.5 Å². The fourth-order valence-corrected chi connectivity index (χ4v) is 2.84. The first kappa shape index (κ1) is 11.4. The van der Waals surface area contributed by atoms with Gasteiger partial charge in [0, 0.05) is 5.92 Å². The number of rotatable bonds is 3. The summed E-state index contributed by atoms with van der Waals surface area (Å²) in [6.07, 6.45) is 4.46. The molecule has 5 nitrogen and oxygen atoms in total. The van der Waals surface area contributed by atoms with Crippen molar-refractivity contribution in [1.29, 1.82) is 0 Å². The minimum atomic E-state index is -1.02. The summed E-state index contributed by atoms with van der Waals surface area (Å²) in [7, 11) is 0. The van der Waals surface area contributed by atoms with Gasteiger partial charge < -0.3 is 5.11 Å². The molecule has 0 spiro atoms. The van der Waals surface area contributed by atoms with Crippen LogP contribution in [0.3, 0.4) is 0 Å². The zero-order chi connectivity index (χ0) is 11.7. The molecule has 0 bridgehead atoms. The van der Waals surface area contributed by atoms with Gasteiger partial charge in [0.2, 0.25) is 0 Å². The Labute approximate surface area is 101 Å². The number of nitrogens with one attached hydrogen (secondary N) is 1. The summed E-state index contributed by atoms with van der Waals surface area (Å²) in [6.45, 7) is -0.315. The van der Waals surface area contributed by atoms with Gasteiger partial charge in [-0.25, -0.2) is 4.68 Å². The Morgan fingerprint density at radius 1 is 1.50 bits per heavy atom. The molecule has 1 aliphatic rings. The van der Waals surface area contributed by atoms with Crippen LogP contribution in [-0.4, -0.2) is 20.9 Å². The second kappa shape index (κ2) is 4.45. The smallest absolute Gasteiger partial charge is 0.325 e. The molecule has 0 aliphatic heterocycles. The summed E-state index contributed by atoms with van der Waals surface area (Å²) in [6, 6.07) is 0. The van der Waals surface area contributed by atoms with Crippen molar-refractivity contribution in [3.8, 4) is 0 Å². The number of hydrogen-bond donors (Lipinski definition) is 2. The summed E-state index contributed by atoms with van der Waals surface area (Å²) in [4.78, 5) is 22.3. The predicted molar refractivity (Wildman–Crippen MR) is 61.6 cm³/mol. The Morgan fingerprint density at radius 2 is 2.12 bits per heavy atom. The molecule has 0 amide bonds. The summed E-state index contributed by atoms with van der Waals surface area (Å²) in [5.74, 6) is -0.661. The van der Waals surface area contributed by atoms with E-state index in [0.29, 0.717) is 10.4 Å². The number of carboxylic acid groups (broad SMARTS) is 1. The number of carboxylic acids is 1. The SMILES string of the molecule is O=C(O)Cn1[nH]c(C2CCCC2)c(Br)c1=O. The molecule has 1 aromatic rings. The first-order valence-electron chi connectivity index (χ1n) is 5.29. The highest BCUT2D eigenvalue weighted by Gasteiger charge is 2.24. The van der Waals surface area contributed by atoms with E-state index in [1.165, 1.54) is 12.8 Å². The number of aliphatic carboxylic acids is 1. The van der Waals surface area contributed by atoms with Crippen LogP contribution in [0.4, 0.5) is 0 Å². The average molecular weight is 289 g/mol. The van der Waals surface area contributed by atoms with Gasteiger partial charge in [-0.3, -0.25) is 14.7 Å². The van der Waals surface area contributed by atoms with E-state index >= 15 is 0 Å². The lowest BCUT2D eigenvalue weighted by atomic mass is 10.1. The van der Waals surface area contributed by atoms with Gasteiger partial charge in [0.1, 0.15) is 11.0 Å². The third-order valence-corrected chi connectivity index (χ3v) is 3.75. The summed E-state index contributed by atoms with van der Waals surface area (Å²) < 4.78 is 1.63. The van der Waals surface area contributed by atoms with Crippen LogP contribution in [-0.2, 0) is 11.3 Å². The quantitative estimate of drug-likeness (QED) is 0.889. The molecule has 2 rings (SSSR count). The molecule has 1 saturated carbocycles. The second-order valence-corrected chi connectivity index (χ2v) is 4.90. The number of nitrogens with zero attached hydrogens (tertiary/aromatic N) is 1. The monoisotopic (exact) mass is 288 g/mol. The van der Waals surface area contributed by atoms with Crippen molar-refractivity contribution in [3.63, 3.8) is 0 Å². The zero-order valence-corrected chi connectivity index (χ0v) is 10.3. The first-order chi connectivity index (χ1) is 7.59. The highest BCUT2D eigenvalue weighted by molar-refractivity contribution is 9.10. The molecule has 0 aromatic carbocycles. The topological polar surface area (TPSA) is 75.1 Å². The molecule has 88 valence electrons. The zero-order valence-electron chi connectivity index (χ0n) is 8.70. The number of carbonyl (C=O) groups is 1. The Bertz CT molecular complexity index is 457. The van der Waals surface area contributed by atoms with Gasteiger partial charge in [0.25, 0.3) is 5.56 Å². The van der Waals surface area contributed by atoms with Crippen molar-refractivity contribution < 1.29 is 9.90 Å².